The number of halogens is 1. The van der Waals surface area contributed by atoms with Crippen molar-refractivity contribution in [1.29, 1.82) is 0 Å². The maximum Gasteiger partial charge on any atom is 0.130 e. The molecule has 6 heteroatoms. The molecule has 1 atom stereocenters. The zero-order valence-corrected chi connectivity index (χ0v) is 8.53. The lowest BCUT2D eigenvalue weighted by Gasteiger charge is -1.70. The molecule has 0 aliphatic rings. The van der Waals surface area contributed by atoms with E-state index in [4.69, 9.17) is 14.5 Å². The summed E-state index contributed by atoms with van der Waals surface area (Å²) in [4.78, 5) is 0. The highest BCUT2D eigenvalue weighted by atomic mass is 79.9. The molecule has 9 heavy (non-hydrogen) atoms. The van der Waals surface area contributed by atoms with E-state index >= 15 is 0 Å². The predicted molar refractivity (Wildman–Crippen MR) is 49.2 cm³/mol. The lowest BCUT2D eigenvalue weighted by molar-refractivity contribution is 0.583. The second-order valence-electron chi connectivity index (χ2n) is 1.03. The van der Waals surface area contributed by atoms with Gasteiger partial charge in [-0.25, -0.2) is 4.21 Å². The SMILES string of the molecule is Br.CCCN.O=[SH](O)=S. The average Bonchev–Trinajstić information content (AvgIpc) is 1.65. The van der Waals surface area contributed by atoms with Gasteiger partial charge in [0.25, 0.3) is 0 Å². The van der Waals surface area contributed by atoms with E-state index in [0.717, 1.165) is 13.0 Å². The summed E-state index contributed by atoms with van der Waals surface area (Å²) in [5.41, 5.74) is 5.03. The fraction of sp³-hybridized carbons (Fsp3) is 1.00. The minimum atomic E-state index is -2.29. The van der Waals surface area contributed by atoms with Crippen LogP contribution in [0.4, 0.5) is 0 Å². The largest absolute Gasteiger partial charge is 0.330 e. The van der Waals surface area contributed by atoms with Crippen molar-refractivity contribution < 1.29 is 8.76 Å². The van der Waals surface area contributed by atoms with Crippen molar-refractivity contribution in [1.82, 2.24) is 0 Å². The number of hydrogen-bond acceptors (Lipinski definition) is 3. The third-order valence-electron chi connectivity index (χ3n) is 0.289. The Bertz CT molecular complexity index is 85.8. The molecule has 0 aliphatic heterocycles. The first kappa shape index (κ1) is 16.4. The van der Waals surface area contributed by atoms with E-state index in [0.29, 0.717) is 0 Å². The summed E-state index contributed by atoms with van der Waals surface area (Å²) in [6, 6.07) is 0. The van der Waals surface area contributed by atoms with E-state index < -0.39 is 9.64 Å². The minimum absolute atomic E-state index is 0. The minimum Gasteiger partial charge on any atom is -0.330 e. The molecule has 0 saturated heterocycles. The van der Waals surface area contributed by atoms with Crippen LogP contribution in [-0.2, 0) is 20.8 Å². The van der Waals surface area contributed by atoms with Gasteiger partial charge < -0.3 is 10.3 Å². The molecule has 0 spiro atoms. The Morgan fingerprint density at radius 2 is 1.89 bits per heavy atom. The molecule has 0 fully saturated rings. The highest BCUT2D eigenvalue weighted by Crippen LogP contribution is 1.57. The van der Waals surface area contributed by atoms with Gasteiger partial charge in [-0.1, -0.05) is 6.92 Å². The molecule has 0 aromatic rings. The summed E-state index contributed by atoms with van der Waals surface area (Å²) in [5.74, 6) is 0. The molecule has 0 saturated carbocycles. The molecular weight excluding hydrogens is 226 g/mol. The topological polar surface area (TPSA) is 63.3 Å². The first-order valence-electron chi connectivity index (χ1n) is 2.18. The normalized spacial score (nSPS) is 10.1. The van der Waals surface area contributed by atoms with Crippen LogP contribution < -0.4 is 5.73 Å². The van der Waals surface area contributed by atoms with Crippen LogP contribution in [-0.4, -0.2) is 15.3 Å². The van der Waals surface area contributed by atoms with Gasteiger partial charge in [0.2, 0.25) is 0 Å². The molecule has 0 radical (unpaired) electrons. The van der Waals surface area contributed by atoms with Gasteiger partial charge >= 0.3 is 0 Å². The number of nitrogens with two attached hydrogens (primary N) is 1. The second kappa shape index (κ2) is 15.9. The monoisotopic (exact) mass is 237 g/mol. The lowest BCUT2D eigenvalue weighted by Crippen LogP contribution is -1.93. The number of thiol groups is 1. The maximum atomic E-state index is 8.96. The highest BCUT2D eigenvalue weighted by molar-refractivity contribution is 8.93. The lowest BCUT2D eigenvalue weighted by atomic mass is 10.5. The van der Waals surface area contributed by atoms with Crippen LogP contribution in [0.15, 0.2) is 0 Å². The van der Waals surface area contributed by atoms with Gasteiger partial charge in [0.05, 0.1) is 0 Å². The van der Waals surface area contributed by atoms with Gasteiger partial charge in [-0.15, -0.1) is 17.0 Å². The molecule has 60 valence electrons. The van der Waals surface area contributed by atoms with Crippen LogP contribution in [0.2, 0.25) is 0 Å². The van der Waals surface area contributed by atoms with E-state index in [1.165, 1.54) is 0 Å². The molecule has 0 bridgehead atoms. The summed E-state index contributed by atoms with van der Waals surface area (Å²) in [6.45, 7) is 2.88. The zero-order chi connectivity index (χ0) is 6.99. The summed E-state index contributed by atoms with van der Waals surface area (Å²) in [6.07, 6.45) is 1.10. The first-order chi connectivity index (χ1) is 3.65. The van der Waals surface area contributed by atoms with Crippen LogP contribution in [0.25, 0.3) is 0 Å². The van der Waals surface area contributed by atoms with E-state index in [1.54, 1.807) is 0 Å². The standard InChI is InChI=1S/C3H9N.BrH.H2O2S2/c1-2-3-4;;1-4(2)3/h2-4H2,1H3;1H;4H,(H,1,2,3). The van der Waals surface area contributed by atoms with E-state index in [1.807, 2.05) is 0 Å². The Morgan fingerprint density at radius 1 is 1.78 bits per heavy atom. The highest BCUT2D eigenvalue weighted by Gasteiger charge is 1.55. The van der Waals surface area contributed by atoms with Crippen LogP contribution in [0.1, 0.15) is 13.3 Å². The second-order valence-corrected chi connectivity index (χ2v) is 2.44. The quantitative estimate of drug-likeness (QED) is 0.576. The molecule has 3 N–H and O–H groups in total. The van der Waals surface area contributed by atoms with Gasteiger partial charge in [-0.3, -0.25) is 0 Å². The Kier molecular flexibility index (Phi) is 29.0. The summed E-state index contributed by atoms with van der Waals surface area (Å²) >= 11 is 3.69. The Morgan fingerprint density at radius 3 is 1.89 bits per heavy atom. The average molecular weight is 238 g/mol. The van der Waals surface area contributed by atoms with Crippen LogP contribution in [0.3, 0.4) is 0 Å². The Hall–Kier alpha value is 0.770. The fourth-order valence-corrected chi connectivity index (χ4v) is 0. The van der Waals surface area contributed by atoms with Crippen molar-refractivity contribution in [2.24, 2.45) is 5.73 Å². The van der Waals surface area contributed by atoms with Crippen LogP contribution in [0, 0.1) is 0 Å². The molecule has 0 aromatic heterocycles. The summed E-state index contributed by atoms with van der Waals surface area (Å²) < 4.78 is 16.3. The maximum absolute atomic E-state index is 8.96. The van der Waals surface area contributed by atoms with Crippen molar-refractivity contribution in [3.05, 3.63) is 0 Å². The molecule has 0 aromatic carbocycles. The molecule has 1 unspecified atom stereocenters. The van der Waals surface area contributed by atoms with Gasteiger partial charge in [-0.05, 0) is 13.0 Å². The smallest absolute Gasteiger partial charge is 0.130 e. The van der Waals surface area contributed by atoms with Crippen molar-refractivity contribution >= 4 is 37.8 Å². The Balaban J connectivity index is -0.0000000720. The van der Waals surface area contributed by atoms with Crippen molar-refractivity contribution in [3.63, 3.8) is 0 Å². The fourth-order valence-electron chi connectivity index (χ4n) is 0. The van der Waals surface area contributed by atoms with E-state index in [2.05, 4.69) is 18.1 Å². The molecule has 0 rings (SSSR count). The number of rotatable bonds is 1. The van der Waals surface area contributed by atoms with Gasteiger partial charge in [0.1, 0.15) is 9.64 Å². The van der Waals surface area contributed by atoms with Gasteiger partial charge in [0, 0.05) is 11.2 Å². The number of hydrogen-bond donors (Lipinski definition) is 3. The van der Waals surface area contributed by atoms with Gasteiger partial charge in [-0.2, -0.15) is 0 Å². The van der Waals surface area contributed by atoms with E-state index in [-0.39, 0.29) is 17.0 Å². The molecule has 0 aliphatic carbocycles. The van der Waals surface area contributed by atoms with Crippen molar-refractivity contribution in [3.8, 4) is 0 Å². The third kappa shape index (κ3) is 128. The predicted octanol–water partition coefficient (Wildman–Crippen LogP) is 0.335. The van der Waals surface area contributed by atoms with E-state index in [9.17, 15) is 0 Å². The zero-order valence-electron chi connectivity index (χ0n) is 5.11. The molecule has 0 heterocycles. The first-order valence-corrected chi connectivity index (χ1v) is 4.41. The van der Waals surface area contributed by atoms with Crippen molar-refractivity contribution in [2.75, 3.05) is 6.54 Å². The molecule has 3 nitrogen and oxygen atoms in total. The third-order valence-corrected chi connectivity index (χ3v) is 0.289. The molecular formula is C3H12BrNO2S2. The van der Waals surface area contributed by atoms with Crippen LogP contribution >= 0.6 is 17.0 Å². The van der Waals surface area contributed by atoms with Gasteiger partial charge in [0.15, 0.2) is 0 Å². The van der Waals surface area contributed by atoms with Crippen molar-refractivity contribution in [2.45, 2.75) is 13.3 Å². The summed E-state index contributed by atoms with van der Waals surface area (Å²) in [5, 5.41) is 0. The summed E-state index contributed by atoms with van der Waals surface area (Å²) in [7, 11) is -2.29. The Labute approximate surface area is 72.3 Å². The molecule has 0 amide bonds. The van der Waals surface area contributed by atoms with Crippen LogP contribution in [0.5, 0.6) is 0 Å².